The fourth-order valence-electron chi connectivity index (χ4n) is 1.84. The van der Waals surface area contributed by atoms with Crippen LogP contribution in [0.5, 0.6) is 0 Å². The molecule has 2 N–H and O–H groups in total. The van der Waals surface area contributed by atoms with Crippen molar-refractivity contribution in [2.24, 2.45) is 5.92 Å². The second-order valence-electron chi connectivity index (χ2n) is 5.11. The lowest BCUT2D eigenvalue weighted by molar-refractivity contribution is -0.137. The number of hydrogen-bond acceptors (Lipinski definition) is 4. The van der Waals surface area contributed by atoms with Gasteiger partial charge in [-0.3, -0.25) is 9.48 Å². The maximum atomic E-state index is 12.2. The molecule has 0 radical (unpaired) electrons. The normalized spacial score (nSPS) is 12.1. The molecular formula is C12H21N3O4S. The molecule has 114 valence electrons. The van der Waals surface area contributed by atoms with Gasteiger partial charge in [-0.15, -0.1) is 0 Å². The highest BCUT2D eigenvalue weighted by atomic mass is 32.2. The maximum absolute atomic E-state index is 12.2. The standard InChI is InChI=1S/C12H21N3O4S/c1-8(2)7-13-20(18,19)12-9(3)14-15(10(12)4)6-5-11(16)17/h8,13H,5-7H2,1-4H3,(H,16,17). The Kier molecular flexibility index (Phi) is 5.29. The monoisotopic (exact) mass is 303 g/mol. The first-order valence-corrected chi connectivity index (χ1v) is 7.89. The van der Waals surface area contributed by atoms with E-state index in [-0.39, 0.29) is 23.8 Å². The van der Waals surface area contributed by atoms with E-state index >= 15 is 0 Å². The van der Waals surface area contributed by atoms with Gasteiger partial charge in [0.25, 0.3) is 0 Å². The van der Waals surface area contributed by atoms with Crippen LogP contribution in [0.1, 0.15) is 31.7 Å². The first-order chi connectivity index (χ1) is 9.15. The lowest BCUT2D eigenvalue weighted by Gasteiger charge is -2.09. The third kappa shape index (κ3) is 4.04. The Morgan fingerprint density at radius 1 is 1.40 bits per heavy atom. The van der Waals surface area contributed by atoms with Gasteiger partial charge in [0.15, 0.2) is 0 Å². The third-order valence-corrected chi connectivity index (χ3v) is 4.48. The van der Waals surface area contributed by atoms with Crippen LogP contribution in [0.2, 0.25) is 0 Å². The molecule has 0 spiro atoms. The summed E-state index contributed by atoms with van der Waals surface area (Å²) in [6.07, 6.45) is -0.0964. The molecule has 0 unspecified atom stereocenters. The molecule has 1 heterocycles. The third-order valence-electron chi connectivity index (χ3n) is 2.80. The molecule has 0 amide bonds. The minimum atomic E-state index is -3.62. The van der Waals surface area contributed by atoms with E-state index in [2.05, 4.69) is 9.82 Å². The largest absolute Gasteiger partial charge is 0.481 e. The Balaban J connectivity index is 3.04. The van der Waals surface area contributed by atoms with Crippen LogP contribution in [-0.2, 0) is 21.4 Å². The highest BCUT2D eigenvalue weighted by Gasteiger charge is 2.24. The van der Waals surface area contributed by atoms with E-state index in [1.54, 1.807) is 13.8 Å². The number of aliphatic carboxylic acids is 1. The molecule has 8 heteroatoms. The molecule has 0 bridgehead atoms. The van der Waals surface area contributed by atoms with E-state index in [4.69, 9.17) is 5.11 Å². The smallest absolute Gasteiger partial charge is 0.305 e. The van der Waals surface area contributed by atoms with Gasteiger partial charge in [-0.05, 0) is 19.8 Å². The van der Waals surface area contributed by atoms with E-state index in [9.17, 15) is 13.2 Å². The highest BCUT2D eigenvalue weighted by molar-refractivity contribution is 7.89. The quantitative estimate of drug-likeness (QED) is 0.779. The molecule has 1 rings (SSSR count). The van der Waals surface area contributed by atoms with Crippen molar-refractivity contribution >= 4 is 16.0 Å². The molecule has 0 aliphatic heterocycles. The van der Waals surface area contributed by atoms with Gasteiger partial charge < -0.3 is 5.11 Å². The Morgan fingerprint density at radius 2 is 2.00 bits per heavy atom. The zero-order valence-corrected chi connectivity index (χ0v) is 13.0. The lowest BCUT2D eigenvalue weighted by atomic mass is 10.2. The molecule has 7 nitrogen and oxygen atoms in total. The molecular weight excluding hydrogens is 282 g/mol. The van der Waals surface area contributed by atoms with Crippen molar-refractivity contribution in [3.05, 3.63) is 11.4 Å². The summed E-state index contributed by atoms with van der Waals surface area (Å²) in [6, 6.07) is 0. The van der Waals surface area contributed by atoms with Crippen LogP contribution in [0.25, 0.3) is 0 Å². The van der Waals surface area contributed by atoms with Gasteiger partial charge in [-0.1, -0.05) is 13.8 Å². The van der Waals surface area contributed by atoms with Gasteiger partial charge in [0.2, 0.25) is 10.0 Å². The van der Waals surface area contributed by atoms with Crippen molar-refractivity contribution in [1.82, 2.24) is 14.5 Å². The molecule has 0 atom stereocenters. The Morgan fingerprint density at radius 3 is 2.50 bits per heavy atom. The summed E-state index contributed by atoms with van der Waals surface area (Å²) in [5.74, 6) is -0.743. The second-order valence-corrected chi connectivity index (χ2v) is 6.82. The summed E-state index contributed by atoms with van der Waals surface area (Å²) in [5.41, 5.74) is 0.837. The zero-order chi connectivity index (χ0) is 15.5. The number of carboxylic acid groups (broad SMARTS) is 1. The van der Waals surface area contributed by atoms with Crippen LogP contribution in [0.3, 0.4) is 0 Å². The number of nitrogens with one attached hydrogen (secondary N) is 1. The van der Waals surface area contributed by atoms with Crippen molar-refractivity contribution < 1.29 is 18.3 Å². The molecule has 1 aromatic rings. The first-order valence-electron chi connectivity index (χ1n) is 6.40. The van der Waals surface area contributed by atoms with Crippen LogP contribution in [0, 0.1) is 19.8 Å². The Bertz CT molecular complexity index is 590. The molecule has 0 aliphatic rings. The van der Waals surface area contributed by atoms with Gasteiger partial charge in [0.05, 0.1) is 24.4 Å². The van der Waals surface area contributed by atoms with Crippen LogP contribution in [-0.4, -0.2) is 35.8 Å². The number of aryl methyl sites for hydroxylation is 2. The topological polar surface area (TPSA) is 101 Å². The Hall–Kier alpha value is -1.41. The molecule has 1 aromatic heterocycles. The van der Waals surface area contributed by atoms with E-state index < -0.39 is 16.0 Å². The SMILES string of the molecule is Cc1nn(CCC(=O)O)c(C)c1S(=O)(=O)NCC(C)C. The van der Waals surface area contributed by atoms with Crippen LogP contribution < -0.4 is 4.72 Å². The number of aromatic nitrogens is 2. The van der Waals surface area contributed by atoms with Crippen molar-refractivity contribution in [2.45, 2.75) is 45.6 Å². The molecule has 0 aliphatic carbocycles. The number of nitrogens with zero attached hydrogens (tertiary/aromatic N) is 2. The number of sulfonamides is 1. The minimum absolute atomic E-state index is 0.0964. The molecule has 20 heavy (non-hydrogen) atoms. The number of carboxylic acids is 1. The van der Waals surface area contributed by atoms with E-state index in [1.165, 1.54) is 4.68 Å². The number of carbonyl (C=O) groups is 1. The average molecular weight is 303 g/mol. The summed E-state index contributed by atoms with van der Waals surface area (Å²) in [4.78, 5) is 10.7. The molecule has 0 saturated carbocycles. The van der Waals surface area contributed by atoms with E-state index in [0.717, 1.165) is 0 Å². The summed E-state index contributed by atoms with van der Waals surface area (Å²) < 4.78 is 28.5. The molecule has 0 aromatic carbocycles. The summed E-state index contributed by atoms with van der Waals surface area (Å²) in [7, 11) is -3.62. The van der Waals surface area contributed by atoms with Gasteiger partial charge in [0.1, 0.15) is 4.90 Å². The van der Waals surface area contributed by atoms with E-state index in [0.29, 0.717) is 17.9 Å². The van der Waals surface area contributed by atoms with Crippen LogP contribution in [0.15, 0.2) is 4.90 Å². The highest BCUT2D eigenvalue weighted by Crippen LogP contribution is 2.19. The van der Waals surface area contributed by atoms with Crippen molar-refractivity contribution in [3.63, 3.8) is 0 Å². The zero-order valence-electron chi connectivity index (χ0n) is 12.2. The summed E-state index contributed by atoms with van der Waals surface area (Å²) in [6.45, 7) is 7.57. The van der Waals surface area contributed by atoms with Gasteiger partial charge in [-0.2, -0.15) is 5.10 Å². The minimum Gasteiger partial charge on any atom is -0.481 e. The van der Waals surface area contributed by atoms with E-state index in [1.807, 2.05) is 13.8 Å². The predicted octanol–water partition coefficient (Wildman–Crippen LogP) is 0.909. The van der Waals surface area contributed by atoms with Gasteiger partial charge in [0, 0.05) is 6.54 Å². The molecule has 0 saturated heterocycles. The van der Waals surface area contributed by atoms with Crippen LogP contribution in [0.4, 0.5) is 0 Å². The lowest BCUT2D eigenvalue weighted by Crippen LogP contribution is -2.28. The fraction of sp³-hybridized carbons (Fsp3) is 0.667. The molecule has 0 fully saturated rings. The van der Waals surface area contributed by atoms with Gasteiger partial charge >= 0.3 is 5.97 Å². The fourth-order valence-corrected chi connectivity index (χ4v) is 3.46. The van der Waals surface area contributed by atoms with Crippen molar-refractivity contribution in [1.29, 1.82) is 0 Å². The average Bonchev–Trinajstić information content (AvgIpc) is 2.59. The number of rotatable bonds is 7. The van der Waals surface area contributed by atoms with Crippen LogP contribution >= 0.6 is 0 Å². The van der Waals surface area contributed by atoms with Crippen molar-refractivity contribution in [2.75, 3.05) is 6.54 Å². The second kappa shape index (κ2) is 6.36. The van der Waals surface area contributed by atoms with Crippen molar-refractivity contribution in [3.8, 4) is 0 Å². The maximum Gasteiger partial charge on any atom is 0.305 e. The predicted molar refractivity (Wildman–Crippen MR) is 74.0 cm³/mol. The Labute approximate surface area is 119 Å². The van der Waals surface area contributed by atoms with Gasteiger partial charge in [-0.25, -0.2) is 13.1 Å². The number of hydrogen-bond donors (Lipinski definition) is 2. The first kappa shape index (κ1) is 16.6. The summed E-state index contributed by atoms with van der Waals surface area (Å²) in [5, 5.41) is 12.8. The summed E-state index contributed by atoms with van der Waals surface area (Å²) >= 11 is 0.